The number of amides is 1. The van der Waals surface area contributed by atoms with Crippen molar-refractivity contribution >= 4 is 22.6 Å². The lowest BCUT2D eigenvalue weighted by Crippen LogP contribution is -2.30. The lowest BCUT2D eigenvalue weighted by atomic mass is 10.0. The summed E-state index contributed by atoms with van der Waals surface area (Å²) >= 11 is 0. The molecular formula is C28H27N7O4. The van der Waals surface area contributed by atoms with Crippen LogP contribution in [0, 0.1) is 0 Å². The second-order valence-electron chi connectivity index (χ2n) is 8.90. The third-order valence-corrected chi connectivity index (χ3v) is 6.29. The fraction of sp³-hybridized carbons (Fsp3) is 0.250. The van der Waals surface area contributed by atoms with Crippen LogP contribution in [-0.4, -0.2) is 48.7 Å². The highest BCUT2D eigenvalue weighted by atomic mass is 16.5. The Morgan fingerprint density at radius 1 is 1.08 bits per heavy atom. The third kappa shape index (κ3) is 6.15. The molecule has 0 fully saturated rings. The van der Waals surface area contributed by atoms with Crippen LogP contribution in [0.1, 0.15) is 65.1 Å². The molecule has 4 heterocycles. The molecule has 0 radical (unpaired) electrons. The molecular weight excluding hydrogens is 498 g/mol. The van der Waals surface area contributed by atoms with E-state index < -0.39 is 6.04 Å². The van der Waals surface area contributed by atoms with Gasteiger partial charge in [0.25, 0.3) is 11.8 Å². The number of methoxy groups -OCH3 is 1. The fourth-order valence-electron chi connectivity index (χ4n) is 4.31. The number of oxazole rings is 1. The number of aromatic amines is 1. The van der Waals surface area contributed by atoms with Gasteiger partial charge in [-0.05, 0) is 31.0 Å². The number of rotatable bonds is 12. The smallest absolute Gasteiger partial charge is 0.270 e. The number of unbranched alkanes of at least 4 members (excludes halogenated alkanes) is 2. The molecule has 11 nitrogen and oxygen atoms in total. The van der Waals surface area contributed by atoms with Crippen molar-refractivity contribution in [2.24, 2.45) is 0 Å². The molecule has 39 heavy (non-hydrogen) atoms. The maximum absolute atomic E-state index is 12.9. The van der Waals surface area contributed by atoms with Crippen LogP contribution >= 0.6 is 0 Å². The van der Waals surface area contributed by atoms with E-state index >= 15 is 0 Å². The summed E-state index contributed by atoms with van der Waals surface area (Å²) in [6.07, 6.45) is 10.6. The van der Waals surface area contributed by atoms with Gasteiger partial charge >= 0.3 is 0 Å². The fourth-order valence-corrected chi connectivity index (χ4v) is 4.31. The molecule has 11 heteroatoms. The Labute approximate surface area is 224 Å². The largest absolute Gasteiger partial charge is 0.480 e. The molecule has 5 rings (SSSR count). The highest BCUT2D eigenvalue weighted by molar-refractivity contribution is 5.92. The number of hydrogen-bond donors (Lipinski definition) is 2. The first kappa shape index (κ1) is 25.7. The zero-order chi connectivity index (χ0) is 27.0. The van der Waals surface area contributed by atoms with E-state index in [9.17, 15) is 9.59 Å². The number of ketones is 1. The van der Waals surface area contributed by atoms with Crippen molar-refractivity contribution < 1.29 is 18.7 Å². The number of ether oxygens (including phenoxy) is 1. The van der Waals surface area contributed by atoms with Crippen molar-refractivity contribution in [2.75, 3.05) is 7.11 Å². The summed E-state index contributed by atoms with van der Waals surface area (Å²) in [5.74, 6) is 0.748. The number of benzene rings is 1. The van der Waals surface area contributed by atoms with Crippen LogP contribution in [0.3, 0.4) is 0 Å². The van der Waals surface area contributed by atoms with E-state index in [1.807, 2.05) is 30.3 Å². The normalized spacial score (nSPS) is 11.8. The average molecular weight is 526 g/mol. The number of pyridine rings is 1. The first-order valence-corrected chi connectivity index (χ1v) is 12.6. The Bertz CT molecular complexity index is 1550. The van der Waals surface area contributed by atoms with E-state index in [4.69, 9.17) is 9.15 Å². The van der Waals surface area contributed by atoms with Gasteiger partial charge in [0.05, 0.1) is 42.3 Å². The first-order chi connectivity index (χ1) is 19.1. The van der Waals surface area contributed by atoms with Crippen molar-refractivity contribution in [3.8, 4) is 17.1 Å². The summed E-state index contributed by atoms with van der Waals surface area (Å²) in [4.78, 5) is 49.5. The Hall–Kier alpha value is -4.93. The van der Waals surface area contributed by atoms with E-state index in [0.717, 1.165) is 35.0 Å². The van der Waals surface area contributed by atoms with E-state index in [-0.39, 0.29) is 23.3 Å². The summed E-state index contributed by atoms with van der Waals surface area (Å²) in [6, 6.07) is 10.9. The standard InChI is InChI=1S/C28H27N7O4/c1-38-27-19(15-18-7-5-6-8-20(18)35-27)23-16-31-25(33-23)21(34-26(37)22-11-12-29-17-32-22)9-3-2-4-10-24(36)28-30-13-14-39-28/h5-8,11-17,21H,2-4,9-10H2,1H3,(H,31,33)(H,34,37). The molecule has 2 N–H and O–H groups in total. The van der Waals surface area contributed by atoms with Crippen LogP contribution in [0.5, 0.6) is 5.88 Å². The van der Waals surface area contributed by atoms with Crippen molar-refractivity contribution in [3.05, 3.63) is 85.0 Å². The van der Waals surface area contributed by atoms with Gasteiger partial charge in [-0.2, -0.15) is 0 Å². The number of carbonyl (C=O) groups excluding carboxylic acids is 2. The maximum Gasteiger partial charge on any atom is 0.270 e. The predicted molar refractivity (Wildman–Crippen MR) is 142 cm³/mol. The molecule has 1 aromatic carbocycles. The molecule has 1 atom stereocenters. The number of nitrogens with one attached hydrogen (secondary N) is 2. The Kier molecular flexibility index (Phi) is 7.96. The molecule has 1 unspecified atom stereocenters. The summed E-state index contributed by atoms with van der Waals surface area (Å²) in [6.45, 7) is 0. The van der Waals surface area contributed by atoms with Gasteiger partial charge in [0.2, 0.25) is 11.7 Å². The Balaban J connectivity index is 1.32. The highest BCUT2D eigenvalue weighted by Crippen LogP contribution is 2.31. The number of H-pyrrole nitrogens is 1. The number of hydrogen-bond acceptors (Lipinski definition) is 9. The highest BCUT2D eigenvalue weighted by Gasteiger charge is 2.21. The summed E-state index contributed by atoms with van der Waals surface area (Å²) < 4.78 is 10.6. The molecule has 198 valence electrons. The van der Waals surface area contributed by atoms with Crippen molar-refractivity contribution in [2.45, 2.75) is 38.1 Å². The minimum Gasteiger partial charge on any atom is -0.480 e. The van der Waals surface area contributed by atoms with Crippen LogP contribution in [0.2, 0.25) is 0 Å². The van der Waals surface area contributed by atoms with E-state index in [0.29, 0.717) is 31.0 Å². The SMILES string of the molecule is COc1nc2ccccc2cc1-c1cnc(C(CCCCCC(=O)c2ncco2)NC(=O)c2ccncn2)[nH]1. The molecule has 0 bridgehead atoms. The molecule has 0 saturated carbocycles. The molecule has 4 aromatic heterocycles. The number of aromatic nitrogens is 6. The number of nitrogens with zero attached hydrogens (tertiary/aromatic N) is 5. The number of para-hydroxylation sites is 1. The zero-order valence-electron chi connectivity index (χ0n) is 21.3. The van der Waals surface area contributed by atoms with E-state index in [1.54, 1.807) is 19.4 Å². The quantitative estimate of drug-likeness (QED) is 0.174. The van der Waals surface area contributed by atoms with Crippen molar-refractivity contribution in [1.82, 2.24) is 35.2 Å². The molecule has 1 amide bonds. The molecule has 0 aliphatic carbocycles. The summed E-state index contributed by atoms with van der Waals surface area (Å²) in [5.41, 5.74) is 2.58. The minimum atomic E-state index is -0.414. The molecule has 0 saturated heterocycles. The van der Waals surface area contributed by atoms with Crippen LogP contribution in [0.4, 0.5) is 0 Å². The second kappa shape index (κ2) is 12.1. The number of carbonyl (C=O) groups is 2. The lowest BCUT2D eigenvalue weighted by Gasteiger charge is -2.17. The molecule has 0 spiro atoms. The molecule has 5 aromatic rings. The Morgan fingerprint density at radius 2 is 1.97 bits per heavy atom. The summed E-state index contributed by atoms with van der Waals surface area (Å²) in [5, 5.41) is 4.00. The van der Waals surface area contributed by atoms with Gasteiger partial charge in [-0.1, -0.05) is 31.0 Å². The second-order valence-corrected chi connectivity index (χ2v) is 8.90. The number of Topliss-reactive ketones (excluding diaryl/α,β-unsaturated/α-hetero) is 1. The number of fused-ring (bicyclic) bond motifs is 1. The first-order valence-electron chi connectivity index (χ1n) is 12.6. The van der Waals surface area contributed by atoms with Gasteiger partial charge in [0, 0.05) is 18.0 Å². The van der Waals surface area contributed by atoms with Crippen LogP contribution in [-0.2, 0) is 0 Å². The average Bonchev–Trinajstić information content (AvgIpc) is 3.69. The third-order valence-electron chi connectivity index (χ3n) is 6.29. The van der Waals surface area contributed by atoms with Gasteiger partial charge in [0.15, 0.2) is 0 Å². The topological polar surface area (TPSA) is 149 Å². The van der Waals surface area contributed by atoms with Gasteiger partial charge in [-0.3, -0.25) is 9.59 Å². The van der Waals surface area contributed by atoms with Gasteiger partial charge in [-0.25, -0.2) is 24.9 Å². The van der Waals surface area contributed by atoms with Gasteiger partial charge in [0.1, 0.15) is 24.1 Å². The predicted octanol–water partition coefficient (Wildman–Crippen LogP) is 4.72. The minimum absolute atomic E-state index is 0.123. The zero-order valence-corrected chi connectivity index (χ0v) is 21.3. The van der Waals surface area contributed by atoms with Gasteiger partial charge in [-0.15, -0.1) is 0 Å². The summed E-state index contributed by atoms with van der Waals surface area (Å²) in [7, 11) is 1.58. The molecule has 0 aliphatic rings. The van der Waals surface area contributed by atoms with Crippen molar-refractivity contribution in [3.63, 3.8) is 0 Å². The van der Waals surface area contributed by atoms with E-state index in [1.165, 1.54) is 25.0 Å². The van der Waals surface area contributed by atoms with Crippen molar-refractivity contribution in [1.29, 1.82) is 0 Å². The number of imidazole rings is 1. The monoisotopic (exact) mass is 525 g/mol. The van der Waals surface area contributed by atoms with Gasteiger partial charge < -0.3 is 19.5 Å². The van der Waals surface area contributed by atoms with E-state index in [2.05, 4.69) is 35.2 Å². The lowest BCUT2D eigenvalue weighted by molar-refractivity contribution is 0.0926. The molecule has 0 aliphatic heterocycles. The van der Waals surface area contributed by atoms with Crippen LogP contribution in [0.25, 0.3) is 22.2 Å². The van der Waals surface area contributed by atoms with Crippen LogP contribution in [0.15, 0.2) is 72.0 Å². The van der Waals surface area contributed by atoms with Crippen LogP contribution < -0.4 is 10.1 Å². The maximum atomic E-state index is 12.9. The Morgan fingerprint density at radius 3 is 2.77 bits per heavy atom.